The second kappa shape index (κ2) is 2.96. The molecule has 0 aromatic carbocycles. The maximum atomic E-state index is 12.6. The van der Waals surface area contributed by atoms with Gasteiger partial charge in [0.15, 0.2) is 6.17 Å². The fourth-order valence-electron chi connectivity index (χ4n) is 1.09. The maximum absolute atomic E-state index is 12.6. The molecule has 0 aromatic rings. The van der Waals surface area contributed by atoms with Crippen molar-refractivity contribution in [3.05, 3.63) is 35.2 Å². The Balaban J connectivity index is 0.000000281. The van der Waals surface area contributed by atoms with Gasteiger partial charge in [-0.15, -0.1) is 0 Å². The van der Waals surface area contributed by atoms with Crippen LogP contribution in [0.5, 0.6) is 0 Å². The van der Waals surface area contributed by atoms with Gasteiger partial charge in [0.1, 0.15) is 5.83 Å². The van der Waals surface area contributed by atoms with Crippen molar-refractivity contribution >= 4 is 0 Å². The number of hydrogen-bond acceptors (Lipinski definition) is 1. The minimum absolute atomic E-state index is 0.185. The first-order valence-electron chi connectivity index (χ1n) is 3.30. The molecule has 0 heterocycles. The highest BCUT2D eigenvalue weighted by Crippen LogP contribution is 2.36. The van der Waals surface area contributed by atoms with E-state index in [1.807, 2.05) is 0 Å². The minimum atomic E-state index is -1.18. The van der Waals surface area contributed by atoms with Crippen LogP contribution in [-0.2, 0) is 0 Å². The topological polar surface area (TPSA) is 26.0 Å². The van der Waals surface area contributed by atoms with Crippen molar-refractivity contribution < 1.29 is 8.78 Å². The number of nitrogens with two attached hydrogens (primary N) is 1. The van der Waals surface area contributed by atoms with Gasteiger partial charge >= 0.3 is 0 Å². The lowest BCUT2D eigenvalue weighted by atomic mass is 10.2. The molecule has 1 atom stereocenters. The van der Waals surface area contributed by atoms with Gasteiger partial charge in [0.25, 0.3) is 0 Å². The highest BCUT2D eigenvalue weighted by Gasteiger charge is 2.29. The zero-order chi connectivity index (χ0) is 8.43. The van der Waals surface area contributed by atoms with Crippen LogP contribution in [0.15, 0.2) is 35.2 Å². The second-order valence-corrected chi connectivity index (χ2v) is 2.14. The van der Waals surface area contributed by atoms with Gasteiger partial charge < -0.3 is 5.73 Å². The van der Waals surface area contributed by atoms with Crippen molar-refractivity contribution in [3.8, 4) is 0 Å². The Kier molecular flexibility index (Phi) is 2.19. The Bertz CT molecular complexity index is 251. The van der Waals surface area contributed by atoms with Gasteiger partial charge in [0.05, 0.1) is 0 Å². The van der Waals surface area contributed by atoms with Gasteiger partial charge in [-0.3, -0.25) is 0 Å². The summed E-state index contributed by atoms with van der Waals surface area (Å²) in [5, 5.41) is 0. The van der Waals surface area contributed by atoms with E-state index in [1.54, 1.807) is 6.08 Å². The molecule has 0 aliphatic heterocycles. The Labute approximate surface area is 63.9 Å². The van der Waals surface area contributed by atoms with Crippen LogP contribution in [-0.4, -0.2) is 13.2 Å². The van der Waals surface area contributed by atoms with E-state index in [4.69, 9.17) is 0 Å². The van der Waals surface area contributed by atoms with E-state index in [2.05, 4.69) is 5.73 Å². The van der Waals surface area contributed by atoms with Gasteiger partial charge in [-0.2, -0.15) is 0 Å². The Hall–Kier alpha value is -0.960. The minimum Gasteiger partial charge on any atom is -0.333 e. The van der Waals surface area contributed by atoms with E-state index in [9.17, 15) is 8.78 Å². The Morgan fingerprint density at radius 2 is 2.00 bits per heavy atom. The average molecular weight is 157 g/mol. The molecule has 2 aliphatic carbocycles. The monoisotopic (exact) mass is 157 g/mol. The van der Waals surface area contributed by atoms with Crippen LogP contribution < -0.4 is 5.73 Å². The quantitative estimate of drug-likeness (QED) is 0.568. The molecular formula is C8H9F2N. The predicted octanol–water partition coefficient (Wildman–Crippen LogP) is 1.63. The summed E-state index contributed by atoms with van der Waals surface area (Å²) in [6, 6.07) is 0. The molecule has 0 fully saturated rings. The number of rotatable bonds is 0. The molecule has 1 nitrogen and oxygen atoms in total. The van der Waals surface area contributed by atoms with Crippen molar-refractivity contribution in [2.24, 2.45) is 5.73 Å². The number of hydrogen-bond donors (Lipinski definition) is 1. The standard InChI is InChI=1S/C7H4F2.CH5N/c8-6-3-4-1-2-5(6)7(4)9;1-2/h1-3,7H;2H2,1H3. The molecule has 2 aliphatic rings. The molecule has 0 aromatic heterocycles. The summed E-state index contributed by atoms with van der Waals surface area (Å²) in [5.74, 6) is -0.417. The summed E-state index contributed by atoms with van der Waals surface area (Å²) in [4.78, 5) is 0. The van der Waals surface area contributed by atoms with Crippen LogP contribution in [0.25, 0.3) is 0 Å². The third kappa shape index (κ3) is 1.12. The van der Waals surface area contributed by atoms with Crippen LogP contribution in [0.4, 0.5) is 8.78 Å². The van der Waals surface area contributed by atoms with Gasteiger partial charge in [0, 0.05) is 5.57 Å². The SMILES string of the molecule is CN.FC1=C2C=CC(=C1)C2F. The van der Waals surface area contributed by atoms with E-state index in [0.29, 0.717) is 5.57 Å². The largest absolute Gasteiger partial charge is 0.333 e. The Morgan fingerprint density at radius 3 is 2.18 bits per heavy atom. The van der Waals surface area contributed by atoms with Crippen molar-refractivity contribution in [1.29, 1.82) is 0 Å². The van der Waals surface area contributed by atoms with E-state index < -0.39 is 12.0 Å². The molecule has 0 saturated heterocycles. The summed E-state index contributed by atoms with van der Waals surface area (Å²) < 4.78 is 25.0. The summed E-state index contributed by atoms with van der Waals surface area (Å²) in [7, 11) is 1.50. The van der Waals surface area contributed by atoms with Crippen molar-refractivity contribution in [2.75, 3.05) is 7.05 Å². The van der Waals surface area contributed by atoms with Crippen molar-refractivity contribution in [3.63, 3.8) is 0 Å². The van der Waals surface area contributed by atoms with Gasteiger partial charge in [-0.1, -0.05) is 12.2 Å². The summed E-state index contributed by atoms with van der Waals surface area (Å²) in [5.41, 5.74) is 5.13. The zero-order valence-electron chi connectivity index (χ0n) is 6.14. The zero-order valence-corrected chi connectivity index (χ0v) is 6.14. The maximum Gasteiger partial charge on any atom is 0.153 e. The fraction of sp³-hybridized carbons (Fsp3) is 0.250. The van der Waals surface area contributed by atoms with E-state index in [1.165, 1.54) is 19.2 Å². The highest BCUT2D eigenvalue weighted by molar-refractivity contribution is 5.57. The summed E-state index contributed by atoms with van der Waals surface area (Å²) in [6.07, 6.45) is 3.14. The molecule has 60 valence electrons. The fourth-order valence-corrected chi connectivity index (χ4v) is 1.09. The molecular weight excluding hydrogens is 148 g/mol. The number of fused-ring (bicyclic) bond motifs is 2. The molecule has 3 heteroatoms. The van der Waals surface area contributed by atoms with Crippen LogP contribution in [0.1, 0.15) is 0 Å². The third-order valence-corrected chi connectivity index (χ3v) is 1.59. The van der Waals surface area contributed by atoms with Crippen molar-refractivity contribution in [1.82, 2.24) is 0 Å². The smallest absolute Gasteiger partial charge is 0.153 e. The van der Waals surface area contributed by atoms with Crippen LogP contribution >= 0.6 is 0 Å². The Morgan fingerprint density at radius 1 is 1.36 bits per heavy atom. The molecule has 0 amide bonds. The van der Waals surface area contributed by atoms with Gasteiger partial charge in [-0.25, -0.2) is 8.78 Å². The summed E-state index contributed by atoms with van der Waals surface area (Å²) in [6.45, 7) is 0. The molecule has 2 rings (SSSR count). The molecule has 0 radical (unpaired) electrons. The van der Waals surface area contributed by atoms with E-state index >= 15 is 0 Å². The normalized spacial score (nSPS) is 25.1. The molecule has 2 bridgehead atoms. The first-order chi connectivity index (χ1) is 5.29. The van der Waals surface area contributed by atoms with Crippen molar-refractivity contribution in [2.45, 2.75) is 6.17 Å². The first kappa shape index (κ1) is 8.14. The lowest BCUT2D eigenvalue weighted by molar-refractivity contribution is 0.450. The predicted molar refractivity (Wildman–Crippen MR) is 40.4 cm³/mol. The average Bonchev–Trinajstić information content (AvgIpc) is 2.49. The molecule has 2 N–H and O–H groups in total. The van der Waals surface area contributed by atoms with Gasteiger partial charge in [0.2, 0.25) is 0 Å². The number of alkyl halides is 1. The van der Waals surface area contributed by atoms with E-state index in [0.717, 1.165) is 0 Å². The van der Waals surface area contributed by atoms with Crippen LogP contribution in [0.2, 0.25) is 0 Å². The number of allylic oxidation sites excluding steroid dienone is 6. The van der Waals surface area contributed by atoms with Gasteiger partial charge in [-0.05, 0) is 18.7 Å². The summed E-state index contributed by atoms with van der Waals surface area (Å²) >= 11 is 0. The van der Waals surface area contributed by atoms with Crippen LogP contribution in [0, 0.1) is 0 Å². The molecule has 11 heavy (non-hydrogen) atoms. The molecule has 0 saturated carbocycles. The van der Waals surface area contributed by atoms with Crippen LogP contribution in [0.3, 0.4) is 0 Å². The first-order valence-corrected chi connectivity index (χ1v) is 3.30. The number of halogens is 2. The molecule has 1 unspecified atom stereocenters. The molecule has 0 spiro atoms. The second-order valence-electron chi connectivity index (χ2n) is 2.14. The lowest BCUT2D eigenvalue weighted by Gasteiger charge is -1.92. The third-order valence-electron chi connectivity index (χ3n) is 1.59. The highest BCUT2D eigenvalue weighted by atomic mass is 19.1. The van der Waals surface area contributed by atoms with E-state index in [-0.39, 0.29) is 5.57 Å². The lowest BCUT2D eigenvalue weighted by Crippen LogP contribution is -1.93.